The van der Waals surface area contributed by atoms with Crippen molar-refractivity contribution < 1.29 is 14.1 Å². The highest BCUT2D eigenvalue weighted by Gasteiger charge is 2.25. The first kappa shape index (κ1) is 18.0. The van der Waals surface area contributed by atoms with Crippen LogP contribution in [0.15, 0.2) is 10.6 Å². The van der Waals surface area contributed by atoms with E-state index in [4.69, 9.17) is 4.52 Å². The molecule has 0 bridgehead atoms. The Balaban J connectivity index is 2.72. The average Bonchev–Trinajstić information content (AvgIpc) is 2.78. The molecule has 1 aromatic heterocycles. The molecular weight excluding hydrogens is 284 g/mol. The smallest absolute Gasteiger partial charge is 0.318 e. The molecule has 0 fully saturated rings. The van der Waals surface area contributed by atoms with Gasteiger partial charge in [0.15, 0.2) is 5.82 Å². The molecule has 0 aliphatic carbocycles. The monoisotopic (exact) mass is 310 g/mol. The molecule has 1 heterocycles. The fraction of sp³-hybridized carbons (Fsp3) is 0.667. The Kier molecular flexibility index (Phi) is 5.96. The number of rotatable bonds is 5. The molecule has 1 aromatic rings. The van der Waals surface area contributed by atoms with Gasteiger partial charge in [-0.3, -0.25) is 4.79 Å². The second-order valence-corrected chi connectivity index (χ2v) is 6.44. The second-order valence-electron chi connectivity index (χ2n) is 6.44. The number of anilines is 1. The van der Waals surface area contributed by atoms with E-state index in [1.807, 2.05) is 34.6 Å². The van der Waals surface area contributed by atoms with Crippen LogP contribution in [0.3, 0.4) is 0 Å². The Labute approximate surface area is 131 Å². The van der Waals surface area contributed by atoms with Crippen molar-refractivity contribution >= 4 is 17.8 Å². The lowest BCUT2D eigenvalue weighted by Crippen LogP contribution is -2.53. The highest BCUT2D eigenvalue weighted by Crippen LogP contribution is 2.10. The van der Waals surface area contributed by atoms with E-state index >= 15 is 0 Å². The topological polar surface area (TPSA) is 87.5 Å². The highest BCUT2D eigenvalue weighted by molar-refractivity contribution is 5.93. The number of hydrogen-bond donors (Lipinski definition) is 2. The van der Waals surface area contributed by atoms with Gasteiger partial charge in [-0.2, -0.15) is 0 Å². The van der Waals surface area contributed by atoms with Gasteiger partial charge in [0, 0.05) is 17.6 Å². The molecule has 0 radical (unpaired) electrons. The summed E-state index contributed by atoms with van der Waals surface area (Å²) >= 11 is 0. The molecule has 0 saturated heterocycles. The third-order valence-electron chi connectivity index (χ3n) is 3.08. The molecule has 22 heavy (non-hydrogen) atoms. The van der Waals surface area contributed by atoms with Crippen molar-refractivity contribution in [3.63, 3.8) is 0 Å². The van der Waals surface area contributed by atoms with Gasteiger partial charge in [0.05, 0.1) is 0 Å². The molecule has 1 atom stereocenters. The minimum Gasteiger partial charge on any atom is -0.360 e. The number of aryl methyl sites for hydroxylation is 1. The van der Waals surface area contributed by atoms with Gasteiger partial charge in [0.1, 0.15) is 12.3 Å². The van der Waals surface area contributed by atoms with Gasteiger partial charge < -0.3 is 20.1 Å². The summed E-state index contributed by atoms with van der Waals surface area (Å²) in [4.78, 5) is 26.0. The molecule has 0 aliphatic rings. The SMILES string of the molecule is CCC(C)N(CC(=O)Nc1cc(C)on1)C(=O)NC(C)(C)C. The summed E-state index contributed by atoms with van der Waals surface area (Å²) in [6, 6.07) is 1.32. The van der Waals surface area contributed by atoms with Gasteiger partial charge >= 0.3 is 6.03 Å². The van der Waals surface area contributed by atoms with Crippen molar-refractivity contribution in [3.05, 3.63) is 11.8 Å². The highest BCUT2D eigenvalue weighted by atomic mass is 16.5. The fourth-order valence-corrected chi connectivity index (χ4v) is 1.80. The number of amides is 3. The lowest BCUT2D eigenvalue weighted by Gasteiger charge is -2.31. The van der Waals surface area contributed by atoms with Crippen LogP contribution in [0.2, 0.25) is 0 Å². The zero-order chi connectivity index (χ0) is 16.9. The maximum Gasteiger partial charge on any atom is 0.318 e. The number of aromatic nitrogens is 1. The van der Waals surface area contributed by atoms with Gasteiger partial charge in [-0.05, 0) is 41.0 Å². The van der Waals surface area contributed by atoms with Crippen LogP contribution < -0.4 is 10.6 Å². The van der Waals surface area contributed by atoms with Crippen molar-refractivity contribution in [1.29, 1.82) is 0 Å². The molecule has 2 N–H and O–H groups in total. The third kappa shape index (κ3) is 5.75. The molecular formula is C15H26N4O3. The molecule has 124 valence electrons. The van der Waals surface area contributed by atoms with Crippen molar-refractivity contribution in [2.75, 3.05) is 11.9 Å². The molecule has 0 aliphatic heterocycles. The molecule has 7 nitrogen and oxygen atoms in total. The normalized spacial score (nSPS) is 12.6. The number of hydrogen-bond acceptors (Lipinski definition) is 4. The lowest BCUT2D eigenvalue weighted by atomic mass is 10.1. The summed E-state index contributed by atoms with van der Waals surface area (Å²) in [7, 11) is 0. The molecule has 1 rings (SSSR count). The predicted octanol–water partition coefficient (Wildman–Crippen LogP) is 2.53. The first-order valence-corrected chi connectivity index (χ1v) is 7.44. The van der Waals surface area contributed by atoms with Crippen molar-refractivity contribution in [2.45, 2.75) is 59.5 Å². The van der Waals surface area contributed by atoms with Gasteiger partial charge in [-0.1, -0.05) is 12.1 Å². The van der Waals surface area contributed by atoms with Crippen LogP contribution >= 0.6 is 0 Å². The zero-order valence-electron chi connectivity index (χ0n) is 14.2. The first-order valence-electron chi connectivity index (χ1n) is 7.44. The summed E-state index contributed by atoms with van der Waals surface area (Å²) in [6.07, 6.45) is 0.758. The van der Waals surface area contributed by atoms with Crippen LogP contribution in [0.5, 0.6) is 0 Å². The minimum atomic E-state index is -0.359. The Hall–Kier alpha value is -2.05. The Morgan fingerprint density at radius 3 is 2.50 bits per heavy atom. The maximum atomic E-state index is 12.4. The summed E-state index contributed by atoms with van der Waals surface area (Å²) in [5.74, 6) is 0.653. The number of nitrogens with one attached hydrogen (secondary N) is 2. The van der Waals surface area contributed by atoms with Gasteiger partial charge in [0.2, 0.25) is 5.91 Å². The van der Waals surface area contributed by atoms with E-state index in [1.165, 1.54) is 4.90 Å². The van der Waals surface area contributed by atoms with Crippen LogP contribution in [-0.4, -0.2) is 40.1 Å². The van der Waals surface area contributed by atoms with E-state index < -0.39 is 0 Å². The molecule has 7 heteroatoms. The van der Waals surface area contributed by atoms with E-state index in [-0.39, 0.29) is 30.1 Å². The van der Waals surface area contributed by atoms with Crippen LogP contribution in [0, 0.1) is 6.92 Å². The average molecular weight is 310 g/mol. The van der Waals surface area contributed by atoms with Crippen molar-refractivity contribution in [2.24, 2.45) is 0 Å². The lowest BCUT2D eigenvalue weighted by molar-refractivity contribution is -0.117. The molecule has 0 spiro atoms. The van der Waals surface area contributed by atoms with Gasteiger partial charge in [-0.15, -0.1) is 0 Å². The fourth-order valence-electron chi connectivity index (χ4n) is 1.80. The van der Waals surface area contributed by atoms with Gasteiger partial charge in [0.25, 0.3) is 0 Å². The number of urea groups is 1. The van der Waals surface area contributed by atoms with E-state index in [0.29, 0.717) is 11.6 Å². The maximum absolute atomic E-state index is 12.4. The summed E-state index contributed by atoms with van der Waals surface area (Å²) in [6.45, 7) is 11.3. The second kappa shape index (κ2) is 7.29. The van der Waals surface area contributed by atoms with Crippen molar-refractivity contribution in [3.8, 4) is 0 Å². The van der Waals surface area contributed by atoms with Crippen LogP contribution in [0.25, 0.3) is 0 Å². The summed E-state index contributed by atoms with van der Waals surface area (Å²) < 4.78 is 4.89. The Morgan fingerprint density at radius 1 is 1.41 bits per heavy atom. The van der Waals surface area contributed by atoms with E-state index in [1.54, 1.807) is 13.0 Å². The Bertz CT molecular complexity index is 519. The molecule has 0 saturated carbocycles. The number of carbonyl (C=O) groups is 2. The summed E-state index contributed by atoms with van der Waals surface area (Å²) in [5, 5.41) is 9.21. The van der Waals surface area contributed by atoms with E-state index in [0.717, 1.165) is 6.42 Å². The first-order chi connectivity index (χ1) is 10.1. The molecule has 1 unspecified atom stereocenters. The van der Waals surface area contributed by atoms with Gasteiger partial charge in [-0.25, -0.2) is 4.79 Å². The largest absolute Gasteiger partial charge is 0.360 e. The van der Waals surface area contributed by atoms with Crippen LogP contribution in [0.1, 0.15) is 46.8 Å². The Morgan fingerprint density at radius 2 is 2.05 bits per heavy atom. The minimum absolute atomic E-state index is 0.0389. The standard InChI is InChI=1S/C15H26N4O3/c1-7-10(2)19(14(21)17-15(4,5)6)9-13(20)16-12-8-11(3)22-18-12/h8,10H,7,9H2,1-6H3,(H,17,21)(H,16,18,20). The predicted molar refractivity (Wildman–Crippen MR) is 84.6 cm³/mol. The molecule has 3 amide bonds. The number of nitrogens with zero attached hydrogens (tertiary/aromatic N) is 2. The quantitative estimate of drug-likeness (QED) is 0.875. The van der Waals surface area contributed by atoms with E-state index in [2.05, 4.69) is 15.8 Å². The zero-order valence-corrected chi connectivity index (χ0v) is 14.2. The summed E-state index contributed by atoms with van der Waals surface area (Å²) in [5.41, 5.74) is -0.359. The van der Waals surface area contributed by atoms with Crippen LogP contribution in [0.4, 0.5) is 10.6 Å². The third-order valence-corrected chi connectivity index (χ3v) is 3.08. The van der Waals surface area contributed by atoms with E-state index in [9.17, 15) is 9.59 Å². The molecule has 0 aromatic carbocycles. The van der Waals surface area contributed by atoms with Crippen LogP contribution in [-0.2, 0) is 4.79 Å². The number of carbonyl (C=O) groups excluding carboxylic acids is 2. The van der Waals surface area contributed by atoms with Crippen molar-refractivity contribution in [1.82, 2.24) is 15.4 Å².